The summed E-state index contributed by atoms with van der Waals surface area (Å²) in [7, 11) is 0. The van der Waals surface area contributed by atoms with E-state index in [9.17, 15) is 9.59 Å². The first kappa shape index (κ1) is 18.2. The van der Waals surface area contributed by atoms with Gasteiger partial charge in [-0.05, 0) is 41.8 Å². The summed E-state index contributed by atoms with van der Waals surface area (Å²) in [5.41, 5.74) is 0.228. The Morgan fingerprint density at radius 2 is 1.46 bits per heavy atom. The summed E-state index contributed by atoms with van der Waals surface area (Å²) in [5.74, 6) is -0.727. The summed E-state index contributed by atoms with van der Waals surface area (Å²) in [6, 6.07) is 13.4. The highest BCUT2D eigenvalue weighted by atomic mass is 79.9. The Morgan fingerprint density at radius 3 is 2.00 bits per heavy atom. The summed E-state index contributed by atoms with van der Waals surface area (Å²) in [5, 5.41) is 0. The molecular weight excluding hydrogens is 372 g/mol. The van der Waals surface area contributed by atoms with E-state index in [1.54, 1.807) is 48.5 Å². The highest BCUT2D eigenvalue weighted by molar-refractivity contribution is 9.10. The van der Waals surface area contributed by atoms with Crippen LogP contribution in [0.4, 0.5) is 0 Å². The molecule has 0 radical (unpaired) electrons. The summed E-state index contributed by atoms with van der Waals surface area (Å²) in [6.07, 6.45) is 0. The molecule has 0 bridgehead atoms. The van der Waals surface area contributed by atoms with Crippen molar-refractivity contribution in [2.45, 2.75) is 20.8 Å². The Bertz CT molecular complexity index is 730. The van der Waals surface area contributed by atoms with Gasteiger partial charge in [0, 0.05) is 4.47 Å². The summed E-state index contributed by atoms with van der Waals surface area (Å²) in [6.45, 7) is 6.16. The quantitative estimate of drug-likeness (QED) is 0.551. The minimum absolute atomic E-state index is 0.150. The molecule has 5 heteroatoms. The molecule has 0 saturated carbocycles. The van der Waals surface area contributed by atoms with Gasteiger partial charge in [0.1, 0.15) is 5.75 Å². The molecule has 0 amide bonds. The van der Waals surface area contributed by atoms with Crippen LogP contribution in [0, 0.1) is 5.41 Å². The van der Waals surface area contributed by atoms with Gasteiger partial charge in [-0.15, -0.1) is 0 Å². The van der Waals surface area contributed by atoms with E-state index in [0.717, 1.165) is 4.47 Å². The summed E-state index contributed by atoms with van der Waals surface area (Å²) in [4.78, 5) is 24.7. The van der Waals surface area contributed by atoms with Gasteiger partial charge in [0.25, 0.3) is 0 Å². The number of hydrogen-bond acceptors (Lipinski definition) is 4. The molecule has 24 heavy (non-hydrogen) atoms. The third-order valence-corrected chi connectivity index (χ3v) is 3.56. The van der Waals surface area contributed by atoms with E-state index in [2.05, 4.69) is 15.9 Å². The van der Waals surface area contributed by atoms with Crippen molar-refractivity contribution in [1.82, 2.24) is 0 Å². The van der Waals surface area contributed by atoms with Crippen LogP contribution in [-0.2, 0) is 4.74 Å². The van der Waals surface area contributed by atoms with Gasteiger partial charge < -0.3 is 9.47 Å². The molecule has 2 aromatic rings. The molecule has 2 rings (SSSR count). The van der Waals surface area contributed by atoms with Gasteiger partial charge in [0.2, 0.25) is 0 Å². The normalized spacial score (nSPS) is 11.0. The monoisotopic (exact) mass is 390 g/mol. The van der Waals surface area contributed by atoms with Gasteiger partial charge in [-0.3, -0.25) is 0 Å². The van der Waals surface area contributed by atoms with Gasteiger partial charge >= 0.3 is 11.9 Å². The average Bonchev–Trinajstić information content (AvgIpc) is 2.54. The first-order valence-corrected chi connectivity index (χ1v) is 8.29. The zero-order chi connectivity index (χ0) is 17.7. The second-order valence-electron chi connectivity index (χ2n) is 6.53. The van der Waals surface area contributed by atoms with Gasteiger partial charge in [0.15, 0.2) is 0 Å². The van der Waals surface area contributed by atoms with Crippen molar-refractivity contribution in [2.75, 3.05) is 6.61 Å². The number of ether oxygens (including phenoxy) is 2. The standard InChI is InChI=1S/C19H19BrO4/c1-19(2,3)12-23-17(21)15-6-4-5-7-16(15)18(22)24-14-10-8-13(20)9-11-14/h4-11H,12H2,1-3H3. The largest absolute Gasteiger partial charge is 0.462 e. The lowest BCUT2D eigenvalue weighted by Crippen LogP contribution is -2.21. The molecule has 0 atom stereocenters. The molecule has 0 fully saturated rings. The maximum atomic E-state index is 12.4. The minimum atomic E-state index is -0.597. The molecule has 2 aromatic carbocycles. The Balaban J connectivity index is 2.16. The van der Waals surface area contributed by atoms with Crippen LogP contribution < -0.4 is 4.74 Å². The van der Waals surface area contributed by atoms with E-state index in [4.69, 9.17) is 9.47 Å². The fraction of sp³-hybridized carbons (Fsp3) is 0.263. The number of rotatable bonds is 4. The molecule has 0 aliphatic rings. The van der Waals surface area contributed by atoms with E-state index in [1.165, 1.54) is 0 Å². The van der Waals surface area contributed by atoms with Crippen LogP contribution in [0.2, 0.25) is 0 Å². The smallest absolute Gasteiger partial charge is 0.344 e. The highest BCUT2D eigenvalue weighted by Gasteiger charge is 2.21. The molecule has 126 valence electrons. The van der Waals surface area contributed by atoms with Crippen molar-refractivity contribution < 1.29 is 19.1 Å². The SMILES string of the molecule is CC(C)(C)COC(=O)c1ccccc1C(=O)Oc1ccc(Br)cc1. The van der Waals surface area contributed by atoms with Crippen LogP contribution >= 0.6 is 15.9 Å². The third-order valence-electron chi connectivity index (χ3n) is 3.03. The van der Waals surface area contributed by atoms with Crippen molar-refractivity contribution >= 4 is 27.9 Å². The van der Waals surface area contributed by atoms with Crippen LogP contribution in [0.15, 0.2) is 53.0 Å². The van der Waals surface area contributed by atoms with Crippen LogP contribution in [-0.4, -0.2) is 18.5 Å². The van der Waals surface area contributed by atoms with Crippen LogP contribution in [0.5, 0.6) is 5.75 Å². The fourth-order valence-corrected chi connectivity index (χ4v) is 2.13. The molecule has 0 aromatic heterocycles. The van der Waals surface area contributed by atoms with Gasteiger partial charge in [0.05, 0.1) is 17.7 Å². The van der Waals surface area contributed by atoms with E-state index in [-0.39, 0.29) is 23.1 Å². The predicted octanol–water partition coefficient (Wildman–Crippen LogP) is 4.87. The first-order valence-electron chi connectivity index (χ1n) is 7.50. The lowest BCUT2D eigenvalue weighted by Gasteiger charge is -2.18. The Morgan fingerprint density at radius 1 is 0.917 bits per heavy atom. The topological polar surface area (TPSA) is 52.6 Å². The summed E-state index contributed by atoms with van der Waals surface area (Å²) < 4.78 is 11.5. The lowest BCUT2D eigenvalue weighted by molar-refractivity contribution is 0.0362. The van der Waals surface area contributed by atoms with E-state index in [1.807, 2.05) is 20.8 Å². The lowest BCUT2D eigenvalue weighted by atomic mass is 9.98. The van der Waals surface area contributed by atoms with Crippen molar-refractivity contribution in [2.24, 2.45) is 5.41 Å². The molecule has 4 nitrogen and oxygen atoms in total. The molecular formula is C19H19BrO4. The van der Waals surface area contributed by atoms with Crippen molar-refractivity contribution in [3.8, 4) is 5.75 Å². The highest BCUT2D eigenvalue weighted by Crippen LogP contribution is 2.20. The van der Waals surface area contributed by atoms with E-state index < -0.39 is 11.9 Å². The number of hydrogen-bond donors (Lipinski definition) is 0. The molecule has 0 spiro atoms. The van der Waals surface area contributed by atoms with Crippen molar-refractivity contribution in [3.05, 3.63) is 64.1 Å². The molecule has 0 heterocycles. The number of halogens is 1. The molecule has 0 saturated heterocycles. The number of benzene rings is 2. The summed E-state index contributed by atoms with van der Waals surface area (Å²) >= 11 is 3.32. The van der Waals surface area contributed by atoms with E-state index >= 15 is 0 Å². The van der Waals surface area contributed by atoms with Crippen molar-refractivity contribution in [1.29, 1.82) is 0 Å². The van der Waals surface area contributed by atoms with E-state index in [0.29, 0.717) is 5.75 Å². The zero-order valence-electron chi connectivity index (χ0n) is 13.8. The van der Waals surface area contributed by atoms with Crippen LogP contribution in [0.25, 0.3) is 0 Å². The zero-order valence-corrected chi connectivity index (χ0v) is 15.4. The number of esters is 2. The average molecular weight is 391 g/mol. The molecule has 0 aliphatic heterocycles. The fourth-order valence-electron chi connectivity index (χ4n) is 1.86. The second kappa shape index (κ2) is 7.62. The van der Waals surface area contributed by atoms with Crippen LogP contribution in [0.3, 0.4) is 0 Å². The maximum Gasteiger partial charge on any atom is 0.344 e. The van der Waals surface area contributed by atoms with Gasteiger partial charge in [-0.1, -0.05) is 48.8 Å². The Kier molecular flexibility index (Phi) is 5.78. The Hall–Kier alpha value is -2.14. The molecule has 0 aliphatic carbocycles. The molecule has 0 unspecified atom stereocenters. The second-order valence-corrected chi connectivity index (χ2v) is 7.44. The van der Waals surface area contributed by atoms with Gasteiger partial charge in [-0.2, -0.15) is 0 Å². The third kappa shape index (κ3) is 5.20. The number of carbonyl (C=O) groups is 2. The van der Waals surface area contributed by atoms with Crippen LogP contribution in [0.1, 0.15) is 41.5 Å². The number of carbonyl (C=O) groups excluding carboxylic acids is 2. The first-order chi connectivity index (χ1) is 11.3. The minimum Gasteiger partial charge on any atom is -0.462 e. The van der Waals surface area contributed by atoms with Gasteiger partial charge in [-0.25, -0.2) is 9.59 Å². The predicted molar refractivity (Wildman–Crippen MR) is 95.3 cm³/mol. The van der Waals surface area contributed by atoms with Crippen molar-refractivity contribution in [3.63, 3.8) is 0 Å². The molecule has 0 N–H and O–H groups in total. The Labute approximate surface area is 149 Å². The maximum absolute atomic E-state index is 12.4.